The first-order valence-electron chi connectivity index (χ1n) is 3.33. The normalized spacial score (nSPS) is 13.8. The Morgan fingerprint density at radius 1 is 1.80 bits per heavy atom. The Morgan fingerprint density at radius 2 is 2.40 bits per heavy atom. The molecular formula is C7H13NO2. The van der Waals surface area contributed by atoms with Crippen LogP contribution in [0, 0.1) is 0 Å². The zero-order chi connectivity index (χ0) is 7.98. The number of carboxylic acids is 1. The lowest BCUT2D eigenvalue weighted by Gasteiger charge is -1.96. The van der Waals surface area contributed by atoms with Crippen LogP contribution in [0.1, 0.15) is 19.8 Å². The minimum absolute atomic E-state index is 0.841. The summed E-state index contributed by atoms with van der Waals surface area (Å²) in [4.78, 5) is 10.1. The molecule has 0 aromatic heterocycles. The Balaban J connectivity index is 3.55. The molecule has 0 saturated carbocycles. The monoisotopic (exact) mass is 143 g/mol. The number of carboxylic acid groups (broad SMARTS) is 1. The Bertz CT molecular complexity index is 132. The third-order valence-corrected chi connectivity index (χ3v) is 1.08. The van der Waals surface area contributed by atoms with E-state index in [1.165, 1.54) is 6.08 Å². The highest BCUT2D eigenvalue weighted by molar-refractivity contribution is 5.75. The fourth-order valence-corrected chi connectivity index (χ4v) is 0.492. The van der Waals surface area contributed by atoms with Gasteiger partial charge in [0.05, 0.1) is 0 Å². The summed E-state index contributed by atoms with van der Waals surface area (Å²) in [5.74, 6) is -0.979. The van der Waals surface area contributed by atoms with Gasteiger partial charge in [0.1, 0.15) is 6.04 Å². The Kier molecular flexibility index (Phi) is 4.58. The highest BCUT2D eigenvalue weighted by Gasteiger charge is 2.04. The molecule has 0 heterocycles. The molecule has 0 rings (SSSR count). The van der Waals surface area contributed by atoms with Crippen LogP contribution in [0.5, 0.6) is 0 Å². The SMILES string of the molecule is CCCC=C[C@H](N)C(=O)O. The van der Waals surface area contributed by atoms with E-state index in [9.17, 15) is 4.79 Å². The number of rotatable bonds is 4. The standard InChI is InChI=1S/C7H13NO2/c1-2-3-4-5-6(8)7(9)10/h4-6H,2-3,8H2,1H3,(H,9,10)/t6-/m0/s1. The highest BCUT2D eigenvalue weighted by Crippen LogP contribution is 1.90. The van der Waals surface area contributed by atoms with Gasteiger partial charge >= 0.3 is 5.97 Å². The fraction of sp³-hybridized carbons (Fsp3) is 0.571. The summed E-state index contributed by atoms with van der Waals surface area (Å²) >= 11 is 0. The molecule has 0 aromatic rings. The second kappa shape index (κ2) is 4.99. The van der Waals surface area contributed by atoms with Crippen LogP contribution in [-0.4, -0.2) is 17.1 Å². The van der Waals surface area contributed by atoms with Crippen molar-refractivity contribution in [1.29, 1.82) is 0 Å². The third kappa shape index (κ3) is 4.09. The lowest BCUT2D eigenvalue weighted by molar-refractivity contribution is -0.137. The van der Waals surface area contributed by atoms with E-state index in [0.29, 0.717) is 0 Å². The Hall–Kier alpha value is -0.830. The van der Waals surface area contributed by atoms with E-state index in [2.05, 4.69) is 0 Å². The summed E-state index contributed by atoms with van der Waals surface area (Å²) in [7, 11) is 0. The average Bonchev–Trinajstić information content (AvgIpc) is 1.88. The van der Waals surface area contributed by atoms with E-state index in [1.807, 2.05) is 6.92 Å². The van der Waals surface area contributed by atoms with Crippen molar-refractivity contribution in [3.63, 3.8) is 0 Å². The molecule has 0 unspecified atom stereocenters. The van der Waals surface area contributed by atoms with Crippen LogP contribution < -0.4 is 5.73 Å². The van der Waals surface area contributed by atoms with Crippen molar-refractivity contribution in [1.82, 2.24) is 0 Å². The van der Waals surface area contributed by atoms with Gasteiger partial charge in [0.15, 0.2) is 0 Å². The second-order valence-electron chi connectivity index (χ2n) is 2.08. The summed E-state index contributed by atoms with van der Waals surface area (Å²) in [5.41, 5.74) is 5.17. The fourth-order valence-electron chi connectivity index (χ4n) is 0.492. The lowest BCUT2D eigenvalue weighted by atomic mass is 10.2. The molecule has 0 amide bonds. The molecule has 0 spiro atoms. The molecule has 0 saturated heterocycles. The predicted octanol–water partition coefficient (Wildman–Crippen LogP) is 0.755. The van der Waals surface area contributed by atoms with E-state index in [-0.39, 0.29) is 0 Å². The van der Waals surface area contributed by atoms with Crippen LogP contribution in [-0.2, 0) is 4.79 Å². The van der Waals surface area contributed by atoms with E-state index < -0.39 is 12.0 Å². The summed E-state index contributed by atoms with van der Waals surface area (Å²) in [6.45, 7) is 2.02. The van der Waals surface area contributed by atoms with Gasteiger partial charge in [0.25, 0.3) is 0 Å². The zero-order valence-electron chi connectivity index (χ0n) is 6.08. The van der Waals surface area contributed by atoms with Crippen LogP contribution in [0.2, 0.25) is 0 Å². The first-order chi connectivity index (χ1) is 4.68. The molecule has 3 nitrogen and oxygen atoms in total. The molecule has 0 bridgehead atoms. The number of unbranched alkanes of at least 4 members (excludes halogenated alkanes) is 1. The van der Waals surface area contributed by atoms with Crippen molar-refractivity contribution in [3.05, 3.63) is 12.2 Å². The molecule has 0 aliphatic carbocycles. The molecule has 3 heteroatoms. The van der Waals surface area contributed by atoms with Crippen LogP contribution in [0.15, 0.2) is 12.2 Å². The summed E-state index contributed by atoms with van der Waals surface area (Å²) in [6.07, 6.45) is 5.20. The lowest BCUT2D eigenvalue weighted by Crippen LogP contribution is -2.27. The molecule has 0 aliphatic rings. The van der Waals surface area contributed by atoms with E-state index in [1.54, 1.807) is 6.08 Å². The molecule has 0 aliphatic heterocycles. The smallest absolute Gasteiger partial charge is 0.324 e. The quantitative estimate of drug-likeness (QED) is 0.571. The largest absolute Gasteiger partial charge is 0.480 e. The number of aliphatic carboxylic acids is 1. The maximum atomic E-state index is 10.1. The van der Waals surface area contributed by atoms with Crippen LogP contribution in [0.4, 0.5) is 0 Å². The topological polar surface area (TPSA) is 63.3 Å². The van der Waals surface area contributed by atoms with E-state index in [0.717, 1.165) is 12.8 Å². The van der Waals surface area contributed by atoms with Crippen molar-refractivity contribution in [3.8, 4) is 0 Å². The average molecular weight is 143 g/mol. The predicted molar refractivity (Wildman–Crippen MR) is 39.7 cm³/mol. The van der Waals surface area contributed by atoms with Gasteiger partial charge in [-0.15, -0.1) is 0 Å². The van der Waals surface area contributed by atoms with Crippen LogP contribution in [0.3, 0.4) is 0 Å². The summed E-state index contributed by atoms with van der Waals surface area (Å²) in [6, 6.07) is -0.841. The van der Waals surface area contributed by atoms with E-state index >= 15 is 0 Å². The van der Waals surface area contributed by atoms with Crippen molar-refractivity contribution in [2.75, 3.05) is 0 Å². The van der Waals surface area contributed by atoms with Crippen LogP contribution in [0.25, 0.3) is 0 Å². The van der Waals surface area contributed by atoms with Gasteiger partial charge in [-0.25, -0.2) is 0 Å². The van der Waals surface area contributed by atoms with Gasteiger partial charge < -0.3 is 10.8 Å². The summed E-state index contributed by atoms with van der Waals surface area (Å²) < 4.78 is 0. The molecule has 3 N–H and O–H groups in total. The van der Waals surface area contributed by atoms with E-state index in [4.69, 9.17) is 10.8 Å². The zero-order valence-corrected chi connectivity index (χ0v) is 6.08. The molecule has 0 fully saturated rings. The second-order valence-corrected chi connectivity index (χ2v) is 2.08. The molecule has 58 valence electrons. The van der Waals surface area contributed by atoms with Crippen molar-refractivity contribution in [2.24, 2.45) is 5.73 Å². The highest BCUT2D eigenvalue weighted by atomic mass is 16.4. The molecular weight excluding hydrogens is 130 g/mol. The minimum atomic E-state index is -0.979. The number of hydrogen-bond donors (Lipinski definition) is 2. The van der Waals surface area contributed by atoms with Gasteiger partial charge in [-0.3, -0.25) is 4.79 Å². The molecule has 0 radical (unpaired) electrons. The number of hydrogen-bond acceptors (Lipinski definition) is 2. The van der Waals surface area contributed by atoms with Gasteiger partial charge in [-0.1, -0.05) is 25.5 Å². The van der Waals surface area contributed by atoms with Gasteiger partial charge in [-0.2, -0.15) is 0 Å². The third-order valence-electron chi connectivity index (χ3n) is 1.08. The summed E-state index contributed by atoms with van der Waals surface area (Å²) in [5, 5.41) is 8.31. The number of allylic oxidation sites excluding steroid dienone is 1. The number of nitrogens with two attached hydrogens (primary N) is 1. The Morgan fingerprint density at radius 3 is 2.80 bits per heavy atom. The molecule has 10 heavy (non-hydrogen) atoms. The Labute approximate surface area is 60.5 Å². The van der Waals surface area contributed by atoms with Gasteiger partial charge in [0.2, 0.25) is 0 Å². The van der Waals surface area contributed by atoms with Gasteiger partial charge in [0, 0.05) is 0 Å². The maximum Gasteiger partial charge on any atom is 0.324 e. The molecule has 1 atom stereocenters. The van der Waals surface area contributed by atoms with Crippen molar-refractivity contribution < 1.29 is 9.90 Å². The minimum Gasteiger partial charge on any atom is -0.480 e. The first-order valence-corrected chi connectivity index (χ1v) is 3.33. The number of carbonyl (C=O) groups is 1. The molecule has 0 aromatic carbocycles. The first kappa shape index (κ1) is 9.17. The van der Waals surface area contributed by atoms with Gasteiger partial charge in [-0.05, 0) is 6.42 Å². The maximum absolute atomic E-state index is 10.1. The van der Waals surface area contributed by atoms with Crippen molar-refractivity contribution >= 4 is 5.97 Å². The van der Waals surface area contributed by atoms with Crippen molar-refractivity contribution in [2.45, 2.75) is 25.8 Å². The van der Waals surface area contributed by atoms with Crippen LogP contribution >= 0.6 is 0 Å².